The lowest BCUT2D eigenvalue weighted by Gasteiger charge is -2.00. The fourth-order valence-corrected chi connectivity index (χ4v) is 2.79. The van der Waals surface area contributed by atoms with Crippen molar-refractivity contribution in [2.45, 2.75) is 0 Å². The zero-order valence-electron chi connectivity index (χ0n) is 14.9. The lowest BCUT2D eigenvalue weighted by atomic mass is 10.0. The molecule has 0 unspecified atom stereocenters. The Hall–Kier alpha value is -4.29. The van der Waals surface area contributed by atoms with Gasteiger partial charge in [-0.3, -0.25) is 25.0 Å². The van der Waals surface area contributed by atoms with E-state index in [1.54, 1.807) is 6.07 Å². The molecule has 0 atom stereocenters. The van der Waals surface area contributed by atoms with Gasteiger partial charge in [-0.25, -0.2) is 0 Å². The average molecular weight is 424 g/mol. The van der Waals surface area contributed by atoms with Gasteiger partial charge in [0, 0.05) is 35.4 Å². The number of allylic oxidation sites excluding steroid dienone is 1. The van der Waals surface area contributed by atoms with Crippen molar-refractivity contribution in [3.63, 3.8) is 0 Å². The third kappa shape index (κ3) is 4.24. The van der Waals surface area contributed by atoms with Crippen LogP contribution in [-0.2, 0) is 0 Å². The van der Waals surface area contributed by atoms with E-state index in [2.05, 4.69) is 0 Å². The highest BCUT2D eigenvalue weighted by atomic mass is 35.5. The van der Waals surface area contributed by atoms with Crippen LogP contribution in [0.15, 0.2) is 64.6 Å². The second-order valence-electron chi connectivity index (χ2n) is 5.93. The van der Waals surface area contributed by atoms with E-state index >= 15 is 0 Å². The van der Waals surface area contributed by atoms with E-state index in [0.29, 0.717) is 5.56 Å². The minimum atomic E-state index is -0.707. The summed E-state index contributed by atoms with van der Waals surface area (Å²) in [6, 6.07) is 13.9. The molecule has 10 heteroatoms. The van der Waals surface area contributed by atoms with Gasteiger partial charge in [0.15, 0.2) is 0 Å². The van der Waals surface area contributed by atoms with Crippen LogP contribution in [0.4, 0.5) is 11.4 Å². The van der Waals surface area contributed by atoms with Crippen LogP contribution in [0.5, 0.6) is 0 Å². The first kappa shape index (κ1) is 20.4. The number of nitriles is 1. The number of carbonyl (C=O) groups excluding carboxylic acids is 1. The van der Waals surface area contributed by atoms with Crippen molar-refractivity contribution in [2.24, 2.45) is 0 Å². The van der Waals surface area contributed by atoms with Crippen LogP contribution in [0.1, 0.15) is 16.1 Å². The van der Waals surface area contributed by atoms with E-state index in [9.17, 15) is 30.3 Å². The molecular formula is C20H10ClN3O6. The molecule has 0 saturated carbocycles. The van der Waals surface area contributed by atoms with Crippen molar-refractivity contribution in [1.29, 1.82) is 5.26 Å². The molecule has 9 nitrogen and oxygen atoms in total. The third-order valence-electron chi connectivity index (χ3n) is 4.02. The summed E-state index contributed by atoms with van der Waals surface area (Å²) in [5, 5.41) is 31.2. The van der Waals surface area contributed by atoms with E-state index in [0.717, 1.165) is 6.07 Å². The molecule has 0 fully saturated rings. The molecule has 0 amide bonds. The first-order valence-electron chi connectivity index (χ1n) is 8.25. The molecule has 3 aromatic rings. The number of furan rings is 1. The summed E-state index contributed by atoms with van der Waals surface area (Å²) in [7, 11) is 0. The monoisotopic (exact) mass is 423 g/mol. The van der Waals surface area contributed by atoms with Crippen molar-refractivity contribution in [2.75, 3.05) is 0 Å². The summed E-state index contributed by atoms with van der Waals surface area (Å²) in [4.78, 5) is 33.2. The maximum absolute atomic E-state index is 12.5. The molecule has 0 aliphatic carbocycles. The van der Waals surface area contributed by atoms with E-state index < -0.39 is 15.6 Å². The van der Waals surface area contributed by atoms with Gasteiger partial charge >= 0.3 is 0 Å². The second-order valence-corrected chi connectivity index (χ2v) is 6.34. The number of ketones is 1. The van der Waals surface area contributed by atoms with Gasteiger partial charge in [-0.2, -0.15) is 5.26 Å². The Kier molecular flexibility index (Phi) is 5.71. The van der Waals surface area contributed by atoms with E-state index in [-0.39, 0.29) is 39.1 Å². The number of hydrogen-bond donors (Lipinski definition) is 0. The average Bonchev–Trinajstić information content (AvgIpc) is 3.20. The van der Waals surface area contributed by atoms with Gasteiger partial charge in [0.2, 0.25) is 5.78 Å². The van der Waals surface area contributed by atoms with Gasteiger partial charge in [-0.1, -0.05) is 23.7 Å². The quantitative estimate of drug-likeness (QED) is 0.174. The van der Waals surface area contributed by atoms with Crippen LogP contribution in [-0.4, -0.2) is 15.6 Å². The van der Waals surface area contributed by atoms with Crippen LogP contribution >= 0.6 is 11.6 Å². The SMILES string of the molecule is N#C/C(=C\c1ccc(-c2ccc(Cl)c([N+](=O)[O-])c2)o1)C(=O)c1cccc([N+](=O)[O-])c1. The fraction of sp³-hybridized carbons (Fsp3) is 0. The number of Topliss-reactive ketones (excluding diaryl/α,β-unsaturated/α-hetero) is 1. The van der Waals surface area contributed by atoms with Gasteiger partial charge < -0.3 is 4.42 Å². The predicted molar refractivity (Wildman–Crippen MR) is 107 cm³/mol. The second kappa shape index (κ2) is 8.38. The maximum atomic E-state index is 12.5. The lowest BCUT2D eigenvalue weighted by molar-refractivity contribution is -0.385. The Morgan fingerprint density at radius 3 is 2.50 bits per heavy atom. The molecule has 3 rings (SSSR count). The van der Waals surface area contributed by atoms with Gasteiger partial charge in [-0.15, -0.1) is 0 Å². The molecule has 0 bridgehead atoms. The topological polar surface area (TPSA) is 140 Å². The fourth-order valence-electron chi connectivity index (χ4n) is 2.60. The highest BCUT2D eigenvalue weighted by Gasteiger charge is 2.18. The Morgan fingerprint density at radius 1 is 1.07 bits per heavy atom. The summed E-state index contributed by atoms with van der Waals surface area (Å²) in [5.41, 5.74) is -0.492. The van der Waals surface area contributed by atoms with Crippen LogP contribution in [0.3, 0.4) is 0 Å². The van der Waals surface area contributed by atoms with Crippen LogP contribution in [0.2, 0.25) is 5.02 Å². The first-order chi connectivity index (χ1) is 14.3. The Morgan fingerprint density at radius 2 is 1.83 bits per heavy atom. The van der Waals surface area contributed by atoms with Crippen molar-refractivity contribution in [3.8, 4) is 17.4 Å². The predicted octanol–water partition coefficient (Wildman–Crippen LogP) is 5.21. The molecule has 148 valence electrons. The standard InChI is InChI=1S/C20H10ClN3O6/c21-17-6-4-12(10-18(17)24(28)29)19-7-5-16(30-19)9-14(11-22)20(25)13-2-1-3-15(8-13)23(26)27/h1-10H/b14-9+. The van der Waals surface area contributed by atoms with Crippen molar-refractivity contribution >= 4 is 34.8 Å². The molecule has 0 spiro atoms. The molecule has 30 heavy (non-hydrogen) atoms. The number of benzene rings is 2. The number of nitro benzene ring substituents is 2. The van der Waals surface area contributed by atoms with Crippen molar-refractivity contribution in [3.05, 3.63) is 96.7 Å². The molecule has 0 saturated heterocycles. The summed E-state index contributed by atoms with van der Waals surface area (Å²) in [6.45, 7) is 0. The van der Waals surface area contributed by atoms with E-state index in [1.807, 2.05) is 0 Å². The summed E-state index contributed by atoms with van der Waals surface area (Å²) in [6.07, 6.45) is 1.19. The minimum Gasteiger partial charge on any atom is -0.457 e. The number of nitro groups is 2. The number of hydrogen-bond acceptors (Lipinski definition) is 7. The van der Waals surface area contributed by atoms with Crippen LogP contribution in [0.25, 0.3) is 17.4 Å². The molecular weight excluding hydrogens is 414 g/mol. The number of nitrogens with zero attached hydrogens (tertiary/aromatic N) is 3. The number of non-ortho nitro benzene ring substituents is 1. The number of carbonyl (C=O) groups is 1. The molecule has 0 radical (unpaired) electrons. The van der Waals surface area contributed by atoms with Crippen LogP contribution < -0.4 is 0 Å². The van der Waals surface area contributed by atoms with Crippen molar-refractivity contribution < 1.29 is 19.1 Å². The minimum absolute atomic E-state index is 0.0166. The Balaban J connectivity index is 1.93. The van der Waals surface area contributed by atoms with Gasteiger partial charge in [0.25, 0.3) is 11.4 Å². The smallest absolute Gasteiger partial charge is 0.288 e. The molecule has 1 aromatic heterocycles. The zero-order valence-corrected chi connectivity index (χ0v) is 15.7. The van der Waals surface area contributed by atoms with Crippen molar-refractivity contribution in [1.82, 2.24) is 0 Å². The zero-order chi connectivity index (χ0) is 21.8. The molecule has 2 aromatic carbocycles. The number of halogens is 1. The van der Waals surface area contributed by atoms with E-state index in [1.165, 1.54) is 54.6 Å². The third-order valence-corrected chi connectivity index (χ3v) is 4.34. The highest BCUT2D eigenvalue weighted by Crippen LogP contribution is 2.31. The molecule has 0 N–H and O–H groups in total. The van der Waals surface area contributed by atoms with E-state index in [4.69, 9.17) is 16.0 Å². The number of rotatable bonds is 6. The lowest BCUT2D eigenvalue weighted by Crippen LogP contribution is -2.02. The summed E-state index contributed by atoms with van der Waals surface area (Å²) >= 11 is 5.80. The van der Waals surface area contributed by atoms with Crippen LogP contribution in [0, 0.1) is 31.6 Å². The Labute approximate surface area is 173 Å². The van der Waals surface area contributed by atoms with Gasteiger partial charge in [0.05, 0.1) is 9.85 Å². The van der Waals surface area contributed by atoms with Gasteiger partial charge in [-0.05, 0) is 24.3 Å². The van der Waals surface area contributed by atoms with Gasteiger partial charge in [0.1, 0.15) is 28.2 Å². The summed E-state index contributed by atoms with van der Waals surface area (Å²) < 4.78 is 5.57. The molecule has 0 aliphatic heterocycles. The first-order valence-corrected chi connectivity index (χ1v) is 8.63. The largest absolute Gasteiger partial charge is 0.457 e. The molecule has 0 aliphatic rings. The normalized spacial score (nSPS) is 11.0. The highest BCUT2D eigenvalue weighted by molar-refractivity contribution is 6.32. The summed E-state index contributed by atoms with van der Waals surface area (Å²) in [5.74, 6) is -0.291. The Bertz CT molecular complexity index is 1260. The maximum Gasteiger partial charge on any atom is 0.288 e. The molecule has 1 heterocycles.